The van der Waals surface area contributed by atoms with Crippen LogP contribution >= 0.6 is 0 Å². The number of aromatic amines is 1. The zero-order valence-corrected chi connectivity index (χ0v) is 17.9. The minimum Gasteiger partial charge on any atom is -0.245 e. The van der Waals surface area contributed by atoms with Crippen molar-refractivity contribution in [2.45, 2.75) is 46.6 Å². The lowest BCUT2D eigenvalue weighted by Gasteiger charge is -2.10. The molecule has 0 amide bonds. The summed E-state index contributed by atoms with van der Waals surface area (Å²) in [4.78, 5) is 4.78. The molecule has 1 N–H and O–H groups in total. The first-order valence-electron chi connectivity index (χ1n) is 10.4. The number of aromatic nitrogens is 7. The molecule has 0 bridgehead atoms. The van der Waals surface area contributed by atoms with Gasteiger partial charge < -0.3 is 0 Å². The predicted molar refractivity (Wildman–Crippen MR) is 117 cm³/mol. The number of nitrogens with zero attached hydrogens (tertiary/aromatic N) is 6. The molecule has 0 fully saturated rings. The molecule has 30 heavy (non-hydrogen) atoms. The number of hydrogen-bond acceptors (Lipinski definition) is 5. The molecule has 0 aliphatic rings. The molecule has 154 valence electrons. The van der Waals surface area contributed by atoms with Gasteiger partial charge in [0.2, 0.25) is 0 Å². The van der Waals surface area contributed by atoms with Gasteiger partial charge in [0.25, 0.3) is 0 Å². The van der Waals surface area contributed by atoms with Crippen LogP contribution in [0.5, 0.6) is 0 Å². The molecule has 0 atom stereocenters. The molecular formula is C23H27N7. The minimum atomic E-state index is 0.321. The summed E-state index contributed by atoms with van der Waals surface area (Å²) < 4.78 is 2.05. The van der Waals surface area contributed by atoms with Crippen molar-refractivity contribution in [2.24, 2.45) is 5.92 Å². The molecular weight excluding hydrogens is 374 g/mol. The second-order valence-corrected chi connectivity index (χ2v) is 8.29. The molecule has 0 saturated carbocycles. The maximum atomic E-state index is 4.78. The van der Waals surface area contributed by atoms with E-state index in [-0.39, 0.29) is 0 Å². The highest BCUT2D eigenvalue weighted by molar-refractivity contribution is 5.80. The third-order valence-corrected chi connectivity index (χ3v) is 5.00. The maximum absolute atomic E-state index is 4.78. The quantitative estimate of drug-likeness (QED) is 0.493. The Hall–Kier alpha value is -3.35. The van der Waals surface area contributed by atoms with E-state index in [1.54, 1.807) is 0 Å². The first-order chi connectivity index (χ1) is 14.5. The second-order valence-electron chi connectivity index (χ2n) is 8.29. The fourth-order valence-corrected chi connectivity index (χ4v) is 3.46. The summed E-state index contributed by atoms with van der Waals surface area (Å²) >= 11 is 0. The Kier molecular flexibility index (Phi) is 5.70. The molecule has 2 aromatic carbocycles. The van der Waals surface area contributed by atoms with Crippen molar-refractivity contribution in [3.05, 3.63) is 65.7 Å². The predicted octanol–water partition coefficient (Wildman–Crippen LogP) is 4.50. The highest BCUT2D eigenvalue weighted by Gasteiger charge is 2.15. The summed E-state index contributed by atoms with van der Waals surface area (Å²) in [7, 11) is 0. The Labute approximate surface area is 176 Å². The van der Waals surface area contributed by atoms with E-state index in [1.165, 1.54) is 5.56 Å². The number of nitrogens with one attached hydrogen (secondary N) is 1. The number of rotatable bonds is 7. The van der Waals surface area contributed by atoms with Crippen LogP contribution in [-0.4, -0.2) is 35.4 Å². The Morgan fingerprint density at radius 1 is 0.933 bits per heavy atom. The number of tetrazole rings is 1. The molecule has 2 aromatic heterocycles. The fourth-order valence-electron chi connectivity index (χ4n) is 3.46. The lowest BCUT2D eigenvalue weighted by atomic mass is 9.98. The van der Waals surface area contributed by atoms with E-state index in [1.807, 2.05) is 18.2 Å². The topological polar surface area (TPSA) is 85.2 Å². The zero-order valence-electron chi connectivity index (χ0n) is 17.9. The van der Waals surface area contributed by atoms with E-state index in [0.717, 1.165) is 41.3 Å². The van der Waals surface area contributed by atoms with Crippen LogP contribution in [0.4, 0.5) is 0 Å². The van der Waals surface area contributed by atoms with Crippen molar-refractivity contribution in [1.82, 2.24) is 35.4 Å². The summed E-state index contributed by atoms with van der Waals surface area (Å²) in [5, 5.41) is 19.1. The first kappa shape index (κ1) is 19.9. The van der Waals surface area contributed by atoms with Gasteiger partial charge in [0.15, 0.2) is 11.6 Å². The van der Waals surface area contributed by atoms with Crippen molar-refractivity contribution < 1.29 is 0 Å². The molecule has 7 heteroatoms. The molecule has 0 aliphatic carbocycles. The fraction of sp³-hybridized carbons (Fsp3) is 0.348. The highest BCUT2D eigenvalue weighted by atomic mass is 15.5. The molecule has 0 aliphatic heterocycles. The van der Waals surface area contributed by atoms with Crippen molar-refractivity contribution in [3.8, 4) is 22.5 Å². The Morgan fingerprint density at radius 2 is 1.67 bits per heavy atom. The molecule has 0 radical (unpaired) electrons. The minimum absolute atomic E-state index is 0.321. The van der Waals surface area contributed by atoms with E-state index in [9.17, 15) is 0 Å². The van der Waals surface area contributed by atoms with E-state index < -0.39 is 0 Å². The van der Waals surface area contributed by atoms with Gasteiger partial charge in [-0.3, -0.25) is 0 Å². The van der Waals surface area contributed by atoms with Crippen LogP contribution in [0, 0.1) is 5.92 Å². The molecule has 0 unspecified atom stereocenters. The molecule has 0 saturated heterocycles. The van der Waals surface area contributed by atoms with Gasteiger partial charge in [-0.2, -0.15) is 5.10 Å². The standard InChI is InChI=1S/C23H27N7/c1-15(2)13-21-24-22(16(3)4)27-30(21)14-17-9-11-18(12-10-17)19-7-5-6-8-20(19)23-25-28-29-26-23/h5-12,15-16H,13-14H2,1-4H3,(H,25,26,28,29). The van der Waals surface area contributed by atoms with E-state index in [0.29, 0.717) is 17.7 Å². The highest BCUT2D eigenvalue weighted by Crippen LogP contribution is 2.29. The molecule has 0 spiro atoms. The summed E-state index contributed by atoms with van der Waals surface area (Å²) in [6.07, 6.45) is 0.927. The van der Waals surface area contributed by atoms with E-state index in [4.69, 9.17) is 10.1 Å². The maximum Gasteiger partial charge on any atom is 0.180 e. The van der Waals surface area contributed by atoms with Crippen LogP contribution in [0.25, 0.3) is 22.5 Å². The van der Waals surface area contributed by atoms with Gasteiger partial charge in [-0.1, -0.05) is 76.2 Å². The summed E-state index contributed by atoms with van der Waals surface area (Å²) in [6.45, 7) is 9.41. The van der Waals surface area contributed by atoms with Crippen LogP contribution in [-0.2, 0) is 13.0 Å². The Morgan fingerprint density at radius 3 is 2.30 bits per heavy atom. The van der Waals surface area contributed by atoms with E-state index in [2.05, 4.69) is 83.3 Å². The van der Waals surface area contributed by atoms with E-state index >= 15 is 0 Å². The van der Waals surface area contributed by atoms with Crippen molar-refractivity contribution in [2.75, 3.05) is 0 Å². The van der Waals surface area contributed by atoms with Gasteiger partial charge in [-0.25, -0.2) is 14.8 Å². The Bertz CT molecular complexity index is 1090. The lowest BCUT2D eigenvalue weighted by Crippen LogP contribution is -2.09. The monoisotopic (exact) mass is 401 g/mol. The van der Waals surface area contributed by atoms with Gasteiger partial charge in [0.1, 0.15) is 5.82 Å². The summed E-state index contributed by atoms with van der Waals surface area (Å²) in [5.74, 6) is 3.49. The van der Waals surface area contributed by atoms with Crippen LogP contribution in [0.3, 0.4) is 0 Å². The average molecular weight is 402 g/mol. The normalized spacial score (nSPS) is 11.5. The van der Waals surface area contributed by atoms with Gasteiger partial charge in [0, 0.05) is 17.9 Å². The smallest absolute Gasteiger partial charge is 0.180 e. The van der Waals surface area contributed by atoms with Crippen LogP contribution < -0.4 is 0 Å². The molecule has 4 rings (SSSR count). The van der Waals surface area contributed by atoms with Crippen LogP contribution in [0.1, 0.15) is 50.8 Å². The number of hydrogen-bond donors (Lipinski definition) is 1. The molecule has 4 aromatic rings. The Balaban J connectivity index is 1.60. The SMILES string of the molecule is CC(C)Cc1nc(C(C)C)nn1Cc1ccc(-c2ccccc2-c2nnn[nH]2)cc1. The number of benzene rings is 2. The second kappa shape index (κ2) is 8.57. The van der Waals surface area contributed by atoms with Crippen LogP contribution in [0.15, 0.2) is 48.5 Å². The molecule has 7 nitrogen and oxygen atoms in total. The van der Waals surface area contributed by atoms with Gasteiger partial charge in [-0.05, 0) is 33.0 Å². The largest absolute Gasteiger partial charge is 0.245 e. The van der Waals surface area contributed by atoms with Crippen molar-refractivity contribution in [1.29, 1.82) is 0 Å². The average Bonchev–Trinajstić information content (AvgIpc) is 3.39. The first-order valence-corrected chi connectivity index (χ1v) is 10.4. The molecule has 2 heterocycles. The number of H-pyrrole nitrogens is 1. The van der Waals surface area contributed by atoms with Gasteiger partial charge >= 0.3 is 0 Å². The third-order valence-electron chi connectivity index (χ3n) is 5.00. The third kappa shape index (κ3) is 4.30. The van der Waals surface area contributed by atoms with Crippen molar-refractivity contribution >= 4 is 0 Å². The van der Waals surface area contributed by atoms with Crippen molar-refractivity contribution in [3.63, 3.8) is 0 Å². The summed E-state index contributed by atoms with van der Waals surface area (Å²) in [5.41, 5.74) is 4.38. The van der Waals surface area contributed by atoms with Crippen LogP contribution in [0.2, 0.25) is 0 Å². The zero-order chi connectivity index (χ0) is 21.1. The lowest BCUT2D eigenvalue weighted by molar-refractivity contribution is 0.561. The van der Waals surface area contributed by atoms with Gasteiger partial charge in [-0.15, -0.1) is 5.10 Å². The summed E-state index contributed by atoms with van der Waals surface area (Å²) in [6, 6.07) is 16.7. The van der Waals surface area contributed by atoms with Gasteiger partial charge in [0.05, 0.1) is 6.54 Å².